The zero-order valence-electron chi connectivity index (χ0n) is 15.6. The molecule has 1 heterocycles. The van der Waals surface area contributed by atoms with Crippen LogP contribution in [0.2, 0.25) is 0 Å². The molecule has 1 aromatic carbocycles. The fourth-order valence-corrected chi connectivity index (χ4v) is 3.18. The zero-order chi connectivity index (χ0) is 18.6. The summed E-state index contributed by atoms with van der Waals surface area (Å²) in [6.45, 7) is 8.49. The van der Waals surface area contributed by atoms with Gasteiger partial charge in [0.15, 0.2) is 5.78 Å². The summed E-state index contributed by atoms with van der Waals surface area (Å²) >= 11 is 0. The number of nitrogens with zero attached hydrogens (tertiary/aromatic N) is 1. The minimum Gasteiger partial charge on any atom is -0.444 e. The molecule has 1 unspecified atom stereocenters. The van der Waals surface area contributed by atoms with Gasteiger partial charge in [-0.3, -0.25) is 4.79 Å². The van der Waals surface area contributed by atoms with Crippen molar-refractivity contribution in [1.29, 1.82) is 0 Å². The standard InChI is InChI=1S/C20H29NO4/c1-5-17(22)15-8-6-7-9-16(15)18(23)14-10-12-21(13-11-14)19(24)25-20(2,3)4/h6-9,14,18,23H,5,10-13H2,1-4H3. The van der Waals surface area contributed by atoms with Gasteiger partial charge in [-0.25, -0.2) is 4.79 Å². The maximum Gasteiger partial charge on any atom is 0.410 e. The van der Waals surface area contributed by atoms with Gasteiger partial charge < -0.3 is 14.7 Å². The quantitative estimate of drug-likeness (QED) is 0.837. The minimum atomic E-state index is -0.688. The minimum absolute atomic E-state index is 0.0319. The number of Topliss-reactive ketones (excluding diaryl/α,β-unsaturated/α-hetero) is 1. The molecule has 1 N–H and O–H groups in total. The molecule has 0 bridgehead atoms. The summed E-state index contributed by atoms with van der Waals surface area (Å²) in [6, 6.07) is 7.28. The predicted molar refractivity (Wildman–Crippen MR) is 96.6 cm³/mol. The third kappa shape index (κ3) is 5.05. The van der Waals surface area contributed by atoms with Gasteiger partial charge in [0.2, 0.25) is 0 Å². The maximum absolute atomic E-state index is 12.1. The van der Waals surface area contributed by atoms with Crippen molar-refractivity contribution in [1.82, 2.24) is 4.90 Å². The van der Waals surface area contributed by atoms with E-state index in [1.54, 1.807) is 11.0 Å². The first kappa shape index (κ1) is 19.4. The predicted octanol–water partition coefficient (Wildman–Crippen LogP) is 3.96. The van der Waals surface area contributed by atoms with E-state index < -0.39 is 11.7 Å². The Hall–Kier alpha value is -1.88. The van der Waals surface area contributed by atoms with Crippen molar-refractivity contribution in [3.05, 3.63) is 35.4 Å². The molecule has 1 amide bonds. The van der Waals surface area contributed by atoms with Crippen LogP contribution in [0, 0.1) is 5.92 Å². The largest absolute Gasteiger partial charge is 0.444 e. The third-order valence-electron chi connectivity index (χ3n) is 4.54. The molecular formula is C20H29NO4. The lowest BCUT2D eigenvalue weighted by atomic mass is 9.85. The number of carbonyl (C=O) groups is 2. The Morgan fingerprint density at radius 1 is 1.24 bits per heavy atom. The monoisotopic (exact) mass is 347 g/mol. The maximum atomic E-state index is 12.1. The zero-order valence-corrected chi connectivity index (χ0v) is 15.6. The molecule has 0 aromatic heterocycles. The van der Waals surface area contributed by atoms with Gasteiger partial charge in [0.1, 0.15) is 5.60 Å². The molecule has 0 aliphatic carbocycles. The molecular weight excluding hydrogens is 318 g/mol. The molecule has 25 heavy (non-hydrogen) atoms. The van der Waals surface area contributed by atoms with Gasteiger partial charge in [0.05, 0.1) is 6.10 Å². The molecule has 1 aliphatic heterocycles. The number of carbonyl (C=O) groups excluding carboxylic acids is 2. The molecule has 1 atom stereocenters. The molecule has 2 rings (SSSR count). The number of hydrogen-bond acceptors (Lipinski definition) is 4. The molecule has 138 valence electrons. The summed E-state index contributed by atoms with van der Waals surface area (Å²) in [5, 5.41) is 10.8. The van der Waals surface area contributed by atoms with Crippen LogP contribution in [0.3, 0.4) is 0 Å². The number of likely N-dealkylation sites (tertiary alicyclic amines) is 1. The van der Waals surface area contributed by atoms with E-state index >= 15 is 0 Å². The Balaban J connectivity index is 2.01. The first-order valence-electron chi connectivity index (χ1n) is 9.01. The van der Waals surface area contributed by atoms with E-state index in [2.05, 4.69) is 0 Å². The number of ether oxygens (including phenoxy) is 1. The number of aliphatic hydroxyl groups excluding tert-OH is 1. The van der Waals surface area contributed by atoms with Crippen molar-refractivity contribution in [2.75, 3.05) is 13.1 Å². The van der Waals surface area contributed by atoms with Crippen molar-refractivity contribution in [3.63, 3.8) is 0 Å². The molecule has 1 aromatic rings. The first-order chi connectivity index (χ1) is 11.7. The molecule has 5 heteroatoms. The van der Waals surface area contributed by atoms with Gasteiger partial charge in [0, 0.05) is 25.1 Å². The Bertz CT molecular complexity index is 612. The summed E-state index contributed by atoms with van der Waals surface area (Å²) < 4.78 is 5.40. The smallest absolute Gasteiger partial charge is 0.410 e. The Labute approximate surface area is 150 Å². The second-order valence-corrected chi connectivity index (χ2v) is 7.61. The van der Waals surface area contributed by atoms with Crippen LogP contribution in [0.1, 0.15) is 69.0 Å². The molecule has 0 saturated carbocycles. The molecule has 0 radical (unpaired) electrons. The van der Waals surface area contributed by atoms with Crippen molar-refractivity contribution < 1.29 is 19.4 Å². The van der Waals surface area contributed by atoms with Crippen LogP contribution >= 0.6 is 0 Å². The van der Waals surface area contributed by atoms with Gasteiger partial charge in [-0.15, -0.1) is 0 Å². The van der Waals surface area contributed by atoms with Gasteiger partial charge in [0.25, 0.3) is 0 Å². The summed E-state index contributed by atoms with van der Waals surface area (Å²) in [5.74, 6) is 0.0744. The third-order valence-corrected chi connectivity index (χ3v) is 4.54. The average Bonchev–Trinajstić information content (AvgIpc) is 2.59. The SMILES string of the molecule is CCC(=O)c1ccccc1C(O)C1CCN(C(=O)OC(C)(C)C)CC1. The highest BCUT2D eigenvalue weighted by molar-refractivity contribution is 5.97. The van der Waals surface area contributed by atoms with Crippen molar-refractivity contribution in [3.8, 4) is 0 Å². The molecule has 1 saturated heterocycles. The highest BCUT2D eigenvalue weighted by Gasteiger charge is 2.31. The van der Waals surface area contributed by atoms with E-state index in [1.807, 2.05) is 45.9 Å². The van der Waals surface area contributed by atoms with Crippen LogP contribution in [0.15, 0.2) is 24.3 Å². The molecule has 5 nitrogen and oxygen atoms in total. The molecule has 1 fully saturated rings. The number of benzene rings is 1. The van der Waals surface area contributed by atoms with Crippen LogP contribution in [0.4, 0.5) is 4.79 Å². The van der Waals surface area contributed by atoms with Gasteiger partial charge in [-0.1, -0.05) is 31.2 Å². The second-order valence-electron chi connectivity index (χ2n) is 7.61. The number of amides is 1. The van der Waals surface area contributed by atoms with E-state index in [0.29, 0.717) is 43.5 Å². The number of piperidine rings is 1. The highest BCUT2D eigenvalue weighted by Crippen LogP contribution is 2.33. The van der Waals surface area contributed by atoms with E-state index in [-0.39, 0.29) is 17.8 Å². The van der Waals surface area contributed by atoms with Crippen LogP contribution in [-0.4, -0.2) is 40.6 Å². The van der Waals surface area contributed by atoms with Crippen LogP contribution in [-0.2, 0) is 4.74 Å². The van der Waals surface area contributed by atoms with Crippen LogP contribution in [0.5, 0.6) is 0 Å². The van der Waals surface area contributed by atoms with Crippen molar-refractivity contribution in [2.24, 2.45) is 5.92 Å². The van der Waals surface area contributed by atoms with E-state index in [4.69, 9.17) is 4.74 Å². The lowest BCUT2D eigenvalue weighted by Gasteiger charge is -2.35. The fraction of sp³-hybridized carbons (Fsp3) is 0.600. The number of rotatable bonds is 4. The second kappa shape index (κ2) is 8.00. The Kier molecular flexibility index (Phi) is 6.22. The number of ketones is 1. The Morgan fingerprint density at radius 3 is 2.40 bits per heavy atom. The lowest BCUT2D eigenvalue weighted by Crippen LogP contribution is -2.42. The van der Waals surface area contributed by atoms with Gasteiger partial charge >= 0.3 is 6.09 Å². The van der Waals surface area contributed by atoms with Gasteiger partial charge in [-0.05, 0) is 45.1 Å². The molecule has 0 spiro atoms. The summed E-state index contributed by atoms with van der Waals surface area (Å²) in [6.07, 6.45) is 0.805. The van der Waals surface area contributed by atoms with Crippen LogP contribution in [0.25, 0.3) is 0 Å². The average molecular weight is 347 g/mol. The Morgan fingerprint density at radius 2 is 1.84 bits per heavy atom. The van der Waals surface area contributed by atoms with Gasteiger partial charge in [-0.2, -0.15) is 0 Å². The van der Waals surface area contributed by atoms with E-state index in [0.717, 1.165) is 0 Å². The normalized spacial score (nSPS) is 17.2. The van der Waals surface area contributed by atoms with Crippen molar-refractivity contribution >= 4 is 11.9 Å². The van der Waals surface area contributed by atoms with Crippen LogP contribution < -0.4 is 0 Å². The van der Waals surface area contributed by atoms with E-state index in [1.165, 1.54) is 0 Å². The van der Waals surface area contributed by atoms with E-state index in [9.17, 15) is 14.7 Å². The molecule has 1 aliphatic rings. The summed E-state index contributed by atoms with van der Waals surface area (Å²) in [4.78, 5) is 25.9. The lowest BCUT2D eigenvalue weighted by molar-refractivity contribution is 0.00761. The topological polar surface area (TPSA) is 66.8 Å². The summed E-state index contributed by atoms with van der Waals surface area (Å²) in [5.41, 5.74) is 0.796. The first-order valence-corrected chi connectivity index (χ1v) is 9.01. The number of hydrogen-bond donors (Lipinski definition) is 1. The highest BCUT2D eigenvalue weighted by atomic mass is 16.6. The van der Waals surface area contributed by atoms with Crippen molar-refractivity contribution in [2.45, 2.75) is 58.7 Å². The summed E-state index contributed by atoms with van der Waals surface area (Å²) in [7, 11) is 0. The fourth-order valence-electron chi connectivity index (χ4n) is 3.18. The number of aliphatic hydroxyl groups is 1.